The molecule has 0 aromatic heterocycles. The van der Waals surface area contributed by atoms with Crippen LogP contribution in [0.15, 0.2) is 29.2 Å². The fourth-order valence-corrected chi connectivity index (χ4v) is 2.55. The van der Waals surface area contributed by atoms with Gasteiger partial charge in [-0.3, -0.25) is 9.59 Å². The molecule has 1 rings (SSSR count). The molecule has 2 amide bonds. The summed E-state index contributed by atoms with van der Waals surface area (Å²) in [5, 5.41) is 5.56. The second-order valence-electron chi connectivity index (χ2n) is 5.80. The number of carbonyl (C=O) groups is 2. The number of methoxy groups -OCH3 is 1. The van der Waals surface area contributed by atoms with Crippen LogP contribution in [0.5, 0.6) is 0 Å². The van der Waals surface area contributed by atoms with Crippen LogP contribution in [0.1, 0.15) is 24.2 Å². The summed E-state index contributed by atoms with van der Waals surface area (Å²) in [6.45, 7) is 5.02. The van der Waals surface area contributed by atoms with E-state index in [0.29, 0.717) is 25.3 Å². The Morgan fingerprint density at radius 2 is 1.96 bits per heavy atom. The molecular formula is C16H25N3O3S. The van der Waals surface area contributed by atoms with Crippen molar-refractivity contribution in [1.82, 2.24) is 10.6 Å². The van der Waals surface area contributed by atoms with Gasteiger partial charge in [-0.2, -0.15) is 0 Å². The molecule has 0 saturated heterocycles. The predicted octanol–water partition coefficient (Wildman–Crippen LogP) is 1.01. The lowest BCUT2D eigenvalue weighted by molar-refractivity contribution is -0.118. The van der Waals surface area contributed by atoms with Crippen LogP contribution in [-0.2, 0) is 9.53 Å². The molecule has 6 nitrogen and oxygen atoms in total. The van der Waals surface area contributed by atoms with Gasteiger partial charge in [0.05, 0.1) is 17.9 Å². The largest absolute Gasteiger partial charge is 0.383 e. The number of rotatable bonds is 9. The van der Waals surface area contributed by atoms with Gasteiger partial charge in [0, 0.05) is 30.6 Å². The Hall–Kier alpha value is -1.57. The third-order valence-corrected chi connectivity index (χ3v) is 3.90. The molecule has 0 atom stereocenters. The van der Waals surface area contributed by atoms with Crippen LogP contribution >= 0.6 is 11.8 Å². The molecule has 0 fully saturated rings. The molecule has 0 aliphatic carbocycles. The minimum absolute atomic E-state index is 0.0923. The number of benzene rings is 1. The summed E-state index contributed by atoms with van der Waals surface area (Å²) in [6, 6.07) is 7.21. The first-order chi connectivity index (χ1) is 10.8. The zero-order valence-corrected chi connectivity index (χ0v) is 14.7. The van der Waals surface area contributed by atoms with Crippen LogP contribution in [0.2, 0.25) is 0 Å². The lowest BCUT2D eigenvalue weighted by Crippen LogP contribution is -2.45. The van der Waals surface area contributed by atoms with Gasteiger partial charge in [-0.05, 0) is 26.0 Å². The third kappa shape index (κ3) is 8.01. The highest BCUT2D eigenvalue weighted by Crippen LogP contribution is 2.22. The Balaban J connectivity index is 2.59. The second kappa shape index (κ2) is 9.54. The van der Waals surface area contributed by atoms with Crippen molar-refractivity contribution in [3.05, 3.63) is 29.8 Å². The smallest absolute Gasteiger partial charge is 0.252 e. The van der Waals surface area contributed by atoms with Crippen molar-refractivity contribution in [2.75, 3.05) is 32.6 Å². The number of amides is 2. The normalized spacial score (nSPS) is 11.1. The summed E-state index contributed by atoms with van der Waals surface area (Å²) < 4.78 is 4.88. The van der Waals surface area contributed by atoms with E-state index in [1.807, 2.05) is 26.0 Å². The molecule has 1 aromatic carbocycles. The lowest BCUT2D eigenvalue weighted by Gasteiger charge is -2.19. The molecule has 0 radical (unpaired) electrons. The molecule has 0 spiro atoms. The summed E-state index contributed by atoms with van der Waals surface area (Å²) in [7, 11) is 1.58. The molecule has 0 aliphatic rings. The molecule has 0 bridgehead atoms. The van der Waals surface area contributed by atoms with Gasteiger partial charge in [-0.25, -0.2) is 0 Å². The van der Waals surface area contributed by atoms with Gasteiger partial charge in [0.1, 0.15) is 0 Å². The van der Waals surface area contributed by atoms with Crippen molar-refractivity contribution in [3.8, 4) is 0 Å². The van der Waals surface area contributed by atoms with Gasteiger partial charge in [0.25, 0.3) is 5.91 Å². The standard InChI is InChI=1S/C16H25N3O3S/c1-16(2,17)11-19-15(21)12-6-4-5-7-13(12)23-10-14(20)18-8-9-22-3/h4-7H,8-11,17H2,1-3H3,(H,18,20)(H,19,21). The number of hydrogen-bond donors (Lipinski definition) is 3. The molecule has 0 saturated carbocycles. The molecule has 0 aliphatic heterocycles. The van der Waals surface area contributed by atoms with Crippen LogP contribution in [0, 0.1) is 0 Å². The van der Waals surface area contributed by atoms with Gasteiger partial charge in [-0.15, -0.1) is 11.8 Å². The average Bonchev–Trinajstić information content (AvgIpc) is 2.50. The Bertz CT molecular complexity index is 530. The maximum atomic E-state index is 12.3. The maximum Gasteiger partial charge on any atom is 0.252 e. The van der Waals surface area contributed by atoms with Crippen molar-refractivity contribution in [2.24, 2.45) is 5.73 Å². The predicted molar refractivity (Wildman–Crippen MR) is 92.7 cm³/mol. The van der Waals surface area contributed by atoms with E-state index in [4.69, 9.17) is 10.5 Å². The van der Waals surface area contributed by atoms with E-state index in [9.17, 15) is 9.59 Å². The minimum Gasteiger partial charge on any atom is -0.383 e. The number of nitrogens with one attached hydrogen (secondary N) is 2. The van der Waals surface area contributed by atoms with Gasteiger partial charge >= 0.3 is 0 Å². The van der Waals surface area contributed by atoms with Gasteiger partial charge < -0.3 is 21.1 Å². The molecule has 1 aromatic rings. The van der Waals surface area contributed by atoms with E-state index in [1.54, 1.807) is 19.2 Å². The summed E-state index contributed by atoms with van der Waals surface area (Å²) in [4.78, 5) is 24.8. The molecule has 7 heteroatoms. The zero-order chi connectivity index (χ0) is 17.3. The van der Waals surface area contributed by atoms with Crippen molar-refractivity contribution >= 4 is 23.6 Å². The van der Waals surface area contributed by atoms with Gasteiger partial charge in [0.15, 0.2) is 0 Å². The van der Waals surface area contributed by atoms with Gasteiger partial charge in [-0.1, -0.05) is 12.1 Å². The van der Waals surface area contributed by atoms with Crippen molar-refractivity contribution in [1.29, 1.82) is 0 Å². The fraction of sp³-hybridized carbons (Fsp3) is 0.500. The first-order valence-electron chi connectivity index (χ1n) is 7.38. The number of hydrogen-bond acceptors (Lipinski definition) is 5. The van der Waals surface area contributed by atoms with Crippen molar-refractivity contribution in [2.45, 2.75) is 24.3 Å². The molecule has 128 valence electrons. The molecule has 0 heterocycles. The summed E-state index contributed by atoms with van der Waals surface area (Å²) >= 11 is 1.33. The van der Waals surface area contributed by atoms with Crippen LogP contribution in [0.3, 0.4) is 0 Å². The quantitative estimate of drug-likeness (QED) is 0.461. The second-order valence-corrected chi connectivity index (χ2v) is 6.82. The average molecular weight is 339 g/mol. The highest BCUT2D eigenvalue weighted by atomic mass is 32.2. The van der Waals surface area contributed by atoms with Crippen LogP contribution < -0.4 is 16.4 Å². The van der Waals surface area contributed by atoms with Crippen molar-refractivity contribution < 1.29 is 14.3 Å². The van der Waals surface area contributed by atoms with E-state index in [-0.39, 0.29) is 17.6 Å². The fourth-order valence-electron chi connectivity index (χ4n) is 1.67. The zero-order valence-electron chi connectivity index (χ0n) is 13.8. The minimum atomic E-state index is -0.473. The molecule has 0 unspecified atom stereocenters. The topological polar surface area (TPSA) is 93.4 Å². The van der Waals surface area contributed by atoms with E-state index in [1.165, 1.54) is 11.8 Å². The van der Waals surface area contributed by atoms with E-state index < -0.39 is 5.54 Å². The highest BCUT2D eigenvalue weighted by Gasteiger charge is 2.16. The number of ether oxygens (including phenoxy) is 1. The highest BCUT2D eigenvalue weighted by molar-refractivity contribution is 8.00. The van der Waals surface area contributed by atoms with Crippen LogP contribution in [0.4, 0.5) is 0 Å². The Morgan fingerprint density at radius 3 is 2.61 bits per heavy atom. The first kappa shape index (κ1) is 19.5. The van der Waals surface area contributed by atoms with E-state index >= 15 is 0 Å². The first-order valence-corrected chi connectivity index (χ1v) is 8.36. The SMILES string of the molecule is COCCNC(=O)CSc1ccccc1C(=O)NCC(C)(C)N. The molecule has 23 heavy (non-hydrogen) atoms. The van der Waals surface area contributed by atoms with Crippen LogP contribution in [0.25, 0.3) is 0 Å². The third-order valence-electron chi connectivity index (χ3n) is 2.82. The summed E-state index contributed by atoms with van der Waals surface area (Å²) in [5.41, 5.74) is 5.95. The number of thioether (sulfide) groups is 1. The summed E-state index contributed by atoms with van der Waals surface area (Å²) in [6.07, 6.45) is 0. The van der Waals surface area contributed by atoms with Gasteiger partial charge in [0.2, 0.25) is 5.91 Å². The Kier molecular flexibility index (Phi) is 8.08. The molecule has 4 N–H and O–H groups in total. The number of nitrogens with two attached hydrogens (primary N) is 1. The lowest BCUT2D eigenvalue weighted by atomic mass is 10.1. The molecular weight excluding hydrogens is 314 g/mol. The Labute approximate surface area is 141 Å². The maximum absolute atomic E-state index is 12.3. The monoisotopic (exact) mass is 339 g/mol. The van der Waals surface area contributed by atoms with E-state index in [2.05, 4.69) is 10.6 Å². The Morgan fingerprint density at radius 1 is 1.26 bits per heavy atom. The summed E-state index contributed by atoms with van der Waals surface area (Å²) in [5.74, 6) is -0.0344. The number of carbonyl (C=O) groups excluding carboxylic acids is 2. The van der Waals surface area contributed by atoms with E-state index in [0.717, 1.165) is 4.90 Å². The van der Waals surface area contributed by atoms with Crippen LogP contribution in [-0.4, -0.2) is 49.9 Å². The van der Waals surface area contributed by atoms with Crippen molar-refractivity contribution in [3.63, 3.8) is 0 Å².